The van der Waals surface area contributed by atoms with Gasteiger partial charge in [0.15, 0.2) is 0 Å². The molecular weight excluding hydrogens is 252 g/mol. The number of carbonyl (C=O) groups excluding carboxylic acids is 1. The monoisotopic (exact) mass is 276 g/mol. The Kier molecular flexibility index (Phi) is 6.97. The van der Waals surface area contributed by atoms with E-state index in [1.807, 2.05) is 7.05 Å². The molecule has 2 rings (SSSR count). The lowest BCUT2D eigenvalue weighted by Crippen LogP contribution is -2.48. The molecule has 0 radical (unpaired) electrons. The first-order chi connectivity index (χ1) is 8.27. The van der Waals surface area contributed by atoms with Crippen molar-refractivity contribution < 1.29 is 9.53 Å². The number of hydrogen-bond acceptors (Lipinski definition) is 3. The van der Waals surface area contributed by atoms with Gasteiger partial charge in [0.2, 0.25) is 5.91 Å². The van der Waals surface area contributed by atoms with Crippen LogP contribution in [0.25, 0.3) is 0 Å². The molecule has 1 amide bonds. The van der Waals surface area contributed by atoms with Gasteiger partial charge in [0.25, 0.3) is 0 Å². The van der Waals surface area contributed by atoms with Crippen LogP contribution < -0.4 is 5.32 Å². The molecule has 0 aromatic rings. The zero-order chi connectivity index (χ0) is 12.1. The van der Waals surface area contributed by atoms with Crippen LogP contribution in [0.2, 0.25) is 0 Å². The zero-order valence-electron chi connectivity index (χ0n) is 11.2. The van der Waals surface area contributed by atoms with Gasteiger partial charge in [-0.05, 0) is 38.1 Å². The second-order valence-electron chi connectivity index (χ2n) is 5.28. The molecule has 1 saturated carbocycles. The molecule has 0 spiro atoms. The molecule has 2 fully saturated rings. The summed E-state index contributed by atoms with van der Waals surface area (Å²) >= 11 is 0. The van der Waals surface area contributed by atoms with Crippen molar-refractivity contribution in [2.75, 3.05) is 33.4 Å². The van der Waals surface area contributed by atoms with Crippen molar-refractivity contribution in [1.82, 2.24) is 10.2 Å². The molecule has 106 valence electrons. The highest BCUT2D eigenvalue weighted by molar-refractivity contribution is 5.85. The van der Waals surface area contributed by atoms with E-state index in [9.17, 15) is 4.79 Å². The molecular formula is C13H25ClN2O2. The van der Waals surface area contributed by atoms with Gasteiger partial charge in [-0.25, -0.2) is 0 Å². The molecule has 0 bridgehead atoms. The zero-order valence-corrected chi connectivity index (χ0v) is 12.0. The average molecular weight is 277 g/mol. The summed E-state index contributed by atoms with van der Waals surface area (Å²) in [4.78, 5) is 13.8. The number of amides is 1. The van der Waals surface area contributed by atoms with E-state index in [1.54, 1.807) is 4.90 Å². The van der Waals surface area contributed by atoms with Gasteiger partial charge in [0.1, 0.15) is 0 Å². The van der Waals surface area contributed by atoms with Gasteiger partial charge in [-0.1, -0.05) is 6.42 Å². The Labute approximate surface area is 116 Å². The van der Waals surface area contributed by atoms with Crippen molar-refractivity contribution in [2.24, 2.45) is 5.92 Å². The fraction of sp³-hybridized carbons (Fsp3) is 0.923. The summed E-state index contributed by atoms with van der Waals surface area (Å²) in [7, 11) is 1.87. The minimum Gasteiger partial charge on any atom is -0.379 e. The van der Waals surface area contributed by atoms with E-state index in [-0.39, 0.29) is 24.4 Å². The summed E-state index contributed by atoms with van der Waals surface area (Å²) in [6.45, 7) is 3.24. The number of ether oxygens (including phenoxy) is 1. The number of carbonyl (C=O) groups is 1. The number of hydrogen-bond donors (Lipinski definition) is 1. The smallest absolute Gasteiger partial charge is 0.239 e. The number of nitrogens with zero attached hydrogens (tertiary/aromatic N) is 1. The third kappa shape index (κ3) is 5.12. The van der Waals surface area contributed by atoms with Crippen LogP contribution in [-0.4, -0.2) is 50.2 Å². The third-order valence-corrected chi connectivity index (χ3v) is 3.61. The predicted molar refractivity (Wildman–Crippen MR) is 74.1 cm³/mol. The quantitative estimate of drug-likeness (QED) is 0.747. The van der Waals surface area contributed by atoms with Crippen molar-refractivity contribution in [1.29, 1.82) is 0 Å². The van der Waals surface area contributed by atoms with Gasteiger partial charge in [0, 0.05) is 20.2 Å². The summed E-state index contributed by atoms with van der Waals surface area (Å²) in [6.07, 6.45) is 5.97. The number of likely N-dealkylation sites (N-methyl/N-ethyl adjacent to an activating group) is 1. The second kappa shape index (κ2) is 7.97. The molecule has 0 unspecified atom stereocenters. The molecule has 2 aliphatic rings. The van der Waals surface area contributed by atoms with Gasteiger partial charge in [0.05, 0.1) is 12.6 Å². The Morgan fingerprint density at radius 2 is 2.11 bits per heavy atom. The Morgan fingerprint density at radius 3 is 2.72 bits per heavy atom. The Hall–Kier alpha value is -0.320. The fourth-order valence-corrected chi connectivity index (χ4v) is 2.17. The third-order valence-electron chi connectivity index (χ3n) is 3.61. The van der Waals surface area contributed by atoms with Gasteiger partial charge >= 0.3 is 0 Å². The topological polar surface area (TPSA) is 41.6 Å². The molecule has 0 aromatic heterocycles. The minimum atomic E-state index is 0. The molecule has 1 aliphatic carbocycles. The lowest BCUT2D eigenvalue weighted by Gasteiger charge is -2.27. The summed E-state index contributed by atoms with van der Waals surface area (Å²) in [5.74, 6) is 1.02. The van der Waals surface area contributed by atoms with E-state index in [4.69, 9.17) is 4.74 Å². The fourth-order valence-electron chi connectivity index (χ4n) is 2.17. The molecule has 1 saturated heterocycles. The van der Waals surface area contributed by atoms with Crippen LogP contribution in [0.3, 0.4) is 0 Å². The highest BCUT2D eigenvalue weighted by Gasteiger charge is 2.24. The normalized spacial score (nSPS) is 23.3. The van der Waals surface area contributed by atoms with Crippen LogP contribution in [0.5, 0.6) is 0 Å². The standard InChI is InChI=1S/C13H24N2O2.ClH/c1-15(8-9-17-10-11-5-6-11)13(16)12-4-2-3-7-14-12;/h11-12,14H,2-10H2,1H3;1H/t12-;/m1./s1. The highest BCUT2D eigenvalue weighted by atomic mass is 35.5. The number of halogens is 1. The Bertz CT molecular complexity index is 253. The van der Waals surface area contributed by atoms with Gasteiger partial charge in [-0.2, -0.15) is 0 Å². The van der Waals surface area contributed by atoms with Gasteiger partial charge < -0.3 is 15.0 Å². The van der Waals surface area contributed by atoms with E-state index in [0.717, 1.165) is 31.9 Å². The van der Waals surface area contributed by atoms with Crippen LogP contribution in [0.15, 0.2) is 0 Å². The van der Waals surface area contributed by atoms with Crippen molar-refractivity contribution >= 4 is 18.3 Å². The number of rotatable bonds is 6. The first-order valence-electron chi connectivity index (χ1n) is 6.83. The maximum absolute atomic E-state index is 12.0. The molecule has 0 aromatic carbocycles. The van der Waals surface area contributed by atoms with E-state index < -0.39 is 0 Å². The van der Waals surface area contributed by atoms with Crippen LogP contribution in [0.4, 0.5) is 0 Å². The summed E-state index contributed by atoms with van der Waals surface area (Å²) in [5, 5.41) is 3.29. The SMILES string of the molecule is CN(CCOCC1CC1)C(=O)[C@H]1CCCCN1.Cl. The van der Waals surface area contributed by atoms with Crippen LogP contribution in [0.1, 0.15) is 32.1 Å². The molecule has 5 heteroatoms. The Morgan fingerprint density at radius 1 is 1.33 bits per heavy atom. The second-order valence-corrected chi connectivity index (χ2v) is 5.28. The minimum absolute atomic E-state index is 0. The van der Waals surface area contributed by atoms with Crippen LogP contribution >= 0.6 is 12.4 Å². The maximum atomic E-state index is 12.0. The molecule has 1 heterocycles. The molecule has 1 aliphatic heterocycles. The summed E-state index contributed by atoms with van der Waals surface area (Å²) < 4.78 is 5.55. The van der Waals surface area contributed by atoms with Crippen molar-refractivity contribution in [3.8, 4) is 0 Å². The largest absolute Gasteiger partial charge is 0.379 e. The molecule has 1 atom stereocenters. The lowest BCUT2D eigenvalue weighted by atomic mass is 10.0. The van der Waals surface area contributed by atoms with Crippen molar-refractivity contribution in [3.63, 3.8) is 0 Å². The van der Waals surface area contributed by atoms with E-state index >= 15 is 0 Å². The maximum Gasteiger partial charge on any atom is 0.239 e. The molecule has 18 heavy (non-hydrogen) atoms. The van der Waals surface area contributed by atoms with Crippen molar-refractivity contribution in [3.05, 3.63) is 0 Å². The molecule has 4 nitrogen and oxygen atoms in total. The van der Waals surface area contributed by atoms with E-state index in [1.165, 1.54) is 19.3 Å². The van der Waals surface area contributed by atoms with Crippen molar-refractivity contribution in [2.45, 2.75) is 38.1 Å². The summed E-state index contributed by atoms with van der Waals surface area (Å²) in [6, 6.07) is 0.0391. The highest BCUT2D eigenvalue weighted by Crippen LogP contribution is 2.28. The first kappa shape index (κ1) is 15.7. The lowest BCUT2D eigenvalue weighted by molar-refractivity contribution is -0.133. The average Bonchev–Trinajstić information content (AvgIpc) is 3.18. The number of nitrogens with one attached hydrogen (secondary N) is 1. The van der Waals surface area contributed by atoms with Gasteiger partial charge in [-0.3, -0.25) is 4.79 Å². The Balaban J connectivity index is 0.00000162. The van der Waals surface area contributed by atoms with E-state index in [0.29, 0.717) is 13.2 Å². The predicted octanol–water partition coefficient (Wildman–Crippen LogP) is 1.44. The van der Waals surface area contributed by atoms with Crippen LogP contribution in [-0.2, 0) is 9.53 Å². The van der Waals surface area contributed by atoms with Gasteiger partial charge in [-0.15, -0.1) is 12.4 Å². The summed E-state index contributed by atoms with van der Waals surface area (Å²) in [5.41, 5.74) is 0. The number of piperidine rings is 1. The first-order valence-corrected chi connectivity index (χ1v) is 6.83. The molecule has 1 N–H and O–H groups in total. The van der Waals surface area contributed by atoms with Crippen LogP contribution in [0, 0.1) is 5.92 Å². The van der Waals surface area contributed by atoms with E-state index in [2.05, 4.69) is 5.32 Å².